The van der Waals surface area contributed by atoms with Crippen molar-refractivity contribution in [2.75, 3.05) is 47.4 Å². The molecule has 4 amide bonds. The second-order valence-electron chi connectivity index (χ2n) is 33.8. The molecule has 0 aliphatic carbocycles. The maximum absolute atomic E-state index is 14.0. The van der Waals surface area contributed by atoms with E-state index in [0.29, 0.717) is 37.8 Å². The van der Waals surface area contributed by atoms with Gasteiger partial charge < -0.3 is 60.8 Å². The summed E-state index contributed by atoms with van der Waals surface area (Å²) in [5.41, 5.74) is 13.8. The normalized spacial score (nSPS) is 17.8. The van der Waals surface area contributed by atoms with Crippen molar-refractivity contribution in [1.29, 1.82) is 0 Å². The van der Waals surface area contributed by atoms with Crippen LogP contribution in [-0.4, -0.2) is 153 Å². The smallest absolute Gasteiger partial charge is 0.245 e. The zero-order chi connectivity index (χ0) is 82.7. The highest BCUT2D eigenvalue weighted by molar-refractivity contribution is 5.95. The summed E-state index contributed by atoms with van der Waals surface area (Å²) in [5.74, 6) is 5.40. The fraction of sp³-hybridized carbons (Fsp3) is 0.333. The van der Waals surface area contributed by atoms with Gasteiger partial charge in [0.2, 0.25) is 23.6 Å². The Balaban J connectivity index is 0.000000171. The molecule has 24 heteroatoms. The number of nitrogens with zero attached hydrogens (tertiary/aromatic N) is 12. The standard InChI is InChI=1S/2C48H52N10O2/c1-29(2)43(55-41-13-5-7-21-49-41)47(59)57-23-9-11-39(57)45-51-28-38(54-45)35-18-17-31-25-32(15-16-33(31)26-35)34-19-20-36-37(27-34)53-46(52-36)40-12-10-24-58(40)48(60)44(30(3)4)56-42-14-6-8-22-50-42;1-29(2)43(52-36-15-19-49-20-16-36)47(59)57-23-5-7-41(57)45-51-28-40(56-45)35-12-11-31-25-32(9-10-33(31)26-35)34-13-14-38-39(27-34)55-46(54-38)42-8-6-24-58(42)48(60)44(30(3)4)53-37-17-21-50-22-18-37/h5-8,13-22,25-30,39-40,43-44H,9-12,23-24H2,1-4H3,(H,49,55)(H,50,56)(H,51,54)(H,52,53);9-22,25-30,41-44H,5-8,23-24H2,1-4H3,(H,49,52)(H,50,53)(H,51,56)(H,54,55)/t39-,40-,43-,44-;41-,42-,43-,44-/m00/s1. The monoisotopic (exact) mass is 1600 g/mol. The SMILES string of the molecule is CC(C)[C@H](Nc1ccccn1)C(=O)N1CCC[C@H]1c1ncc(-c2ccc3cc(-c4ccc5nc([C@@H]6CCCN6C(=O)[C@@H](Nc6ccccn6)C(C)C)[nH]c5c4)ccc3c2)[nH]1.CC(C)[C@H](Nc1ccncc1)C(=O)N1CCC[C@H]1c1ncc(-c2ccc3cc(-c4ccc5nc([C@@H]6CCCN6C(=O)[C@@H](Nc6ccncc6)C(C)C)[nH]c5c4)ccc3c2)[nH]1. The van der Waals surface area contributed by atoms with Crippen LogP contribution in [0.15, 0.2) is 219 Å². The average molecular weight is 1600 g/mol. The van der Waals surface area contributed by atoms with Crippen LogP contribution >= 0.6 is 0 Å². The Bertz CT molecular complexity index is 5600. The van der Waals surface area contributed by atoms with Gasteiger partial charge in [-0.1, -0.05) is 128 Å². The molecule has 8 N–H and O–H groups in total. The number of benzene rings is 6. The number of H-pyrrole nitrogens is 4. The quantitative estimate of drug-likeness (QED) is 0.0279. The number of carbonyl (C=O) groups is 4. The topological polar surface area (TPSA) is 296 Å². The fourth-order valence-electron chi connectivity index (χ4n) is 17.7. The van der Waals surface area contributed by atoms with Gasteiger partial charge in [0.25, 0.3) is 0 Å². The number of amides is 4. The third-order valence-corrected chi connectivity index (χ3v) is 24.2. The van der Waals surface area contributed by atoms with Crippen LogP contribution in [0.2, 0.25) is 0 Å². The predicted octanol–water partition coefficient (Wildman–Crippen LogP) is 18.3. The summed E-state index contributed by atoms with van der Waals surface area (Å²) < 4.78 is 0. The van der Waals surface area contributed by atoms with E-state index in [4.69, 9.17) is 19.9 Å². The summed E-state index contributed by atoms with van der Waals surface area (Å²) in [4.78, 5) is 115. The lowest BCUT2D eigenvalue weighted by Crippen LogP contribution is -2.45. The molecule has 6 aromatic carbocycles. The Morgan fingerprint density at radius 1 is 0.333 bits per heavy atom. The molecule has 120 heavy (non-hydrogen) atoms. The van der Waals surface area contributed by atoms with Crippen LogP contribution in [0.25, 0.3) is 88.4 Å². The van der Waals surface area contributed by atoms with Crippen molar-refractivity contribution in [2.45, 2.75) is 155 Å². The van der Waals surface area contributed by atoms with E-state index in [1.165, 1.54) is 0 Å². The molecule has 0 bridgehead atoms. The molecule has 8 atom stereocenters. The molecule has 18 rings (SSSR count). The van der Waals surface area contributed by atoms with Crippen LogP contribution in [0.5, 0.6) is 0 Å². The van der Waals surface area contributed by atoms with Crippen LogP contribution in [0, 0.1) is 23.7 Å². The number of hydrogen-bond donors (Lipinski definition) is 8. The van der Waals surface area contributed by atoms with E-state index < -0.39 is 0 Å². The van der Waals surface area contributed by atoms with E-state index in [-0.39, 0.29) is 95.6 Å². The number of pyridine rings is 4. The van der Waals surface area contributed by atoms with Crippen LogP contribution < -0.4 is 21.3 Å². The summed E-state index contributed by atoms with van der Waals surface area (Å²) in [5, 5.41) is 18.2. The van der Waals surface area contributed by atoms with E-state index in [9.17, 15) is 19.2 Å². The molecule has 0 saturated carbocycles. The minimum absolute atomic E-state index is 0.0718. The first-order valence-corrected chi connectivity index (χ1v) is 42.5. The van der Waals surface area contributed by atoms with Crippen molar-refractivity contribution in [1.82, 2.24) is 79.4 Å². The molecule has 0 unspecified atom stereocenters. The van der Waals surface area contributed by atoms with Crippen molar-refractivity contribution in [3.8, 4) is 44.8 Å². The van der Waals surface area contributed by atoms with Gasteiger partial charge in [-0.05, 0) is 216 Å². The van der Waals surface area contributed by atoms with E-state index >= 15 is 0 Å². The van der Waals surface area contributed by atoms with Crippen LogP contribution in [0.4, 0.5) is 23.0 Å². The van der Waals surface area contributed by atoms with E-state index in [2.05, 4.69) is 226 Å². The summed E-state index contributed by atoms with van der Waals surface area (Å²) >= 11 is 0. The number of aromatic amines is 4. The lowest BCUT2D eigenvalue weighted by atomic mass is 9.99. The maximum Gasteiger partial charge on any atom is 0.245 e. The largest absolute Gasteiger partial charge is 0.373 e. The number of fused-ring (bicyclic) bond motifs is 4. The first kappa shape index (κ1) is 79.4. The molecule has 12 heterocycles. The van der Waals surface area contributed by atoms with Crippen molar-refractivity contribution in [3.05, 3.63) is 243 Å². The molecule has 4 aliphatic rings. The number of imidazole rings is 4. The van der Waals surface area contributed by atoms with Crippen LogP contribution in [0.3, 0.4) is 0 Å². The Hall–Kier alpha value is -13.1. The lowest BCUT2D eigenvalue weighted by Gasteiger charge is -2.30. The second kappa shape index (κ2) is 34.8. The van der Waals surface area contributed by atoms with Gasteiger partial charge in [0.05, 0.1) is 70.0 Å². The Kier molecular flexibility index (Phi) is 23.0. The molecule has 0 radical (unpaired) electrons. The number of nitrogens with one attached hydrogen (secondary N) is 8. The molecular weight excluding hydrogens is 1500 g/mol. The highest BCUT2D eigenvalue weighted by Gasteiger charge is 2.42. The van der Waals surface area contributed by atoms with Gasteiger partial charge in [0.1, 0.15) is 59.1 Å². The van der Waals surface area contributed by atoms with Gasteiger partial charge in [-0.2, -0.15) is 0 Å². The first-order chi connectivity index (χ1) is 58.4. The number of carbonyl (C=O) groups excluding carboxylic acids is 4. The van der Waals surface area contributed by atoms with Crippen molar-refractivity contribution < 1.29 is 19.2 Å². The van der Waals surface area contributed by atoms with Gasteiger partial charge in [-0.3, -0.25) is 29.1 Å². The zero-order valence-electron chi connectivity index (χ0n) is 69.2. The lowest BCUT2D eigenvalue weighted by molar-refractivity contribution is -0.134. The van der Waals surface area contributed by atoms with E-state index in [0.717, 1.165) is 174 Å². The van der Waals surface area contributed by atoms with Crippen molar-refractivity contribution in [2.24, 2.45) is 23.7 Å². The van der Waals surface area contributed by atoms with Crippen molar-refractivity contribution >= 4 is 90.3 Å². The first-order valence-electron chi connectivity index (χ1n) is 42.5. The number of likely N-dealkylation sites (tertiary alicyclic amines) is 4. The summed E-state index contributed by atoms with van der Waals surface area (Å²) in [7, 11) is 0. The van der Waals surface area contributed by atoms with Gasteiger partial charge in [0.15, 0.2) is 0 Å². The third kappa shape index (κ3) is 16.9. The van der Waals surface area contributed by atoms with Gasteiger partial charge >= 0.3 is 0 Å². The zero-order valence-corrected chi connectivity index (χ0v) is 69.2. The molecule has 14 aromatic rings. The van der Waals surface area contributed by atoms with E-state index in [1.807, 2.05) is 92.7 Å². The Morgan fingerprint density at radius 3 is 0.992 bits per heavy atom. The Labute approximate surface area is 698 Å². The van der Waals surface area contributed by atoms with Gasteiger partial charge in [-0.25, -0.2) is 29.9 Å². The molecule has 8 aromatic heterocycles. The fourth-order valence-corrected chi connectivity index (χ4v) is 17.7. The average Bonchev–Trinajstić information content (AvgIpc) is 1.58. The molecule has 0 spiro atoms. The molecule has 4 fully saturated rings. The van der Waals surface area contributed by atoms with Gasteiger partial charge in [0, 0.05) is 85.9 Å². The number of rotatable bonds is 24. The molecular formula is C96H104N20O4. The minimum Gasteiger partial charge on any atom is -0.373 e. The number of aromatic nitrogens is 12. The minimum atomic E-state index is -0.387. The van der Waals surface area contributed by atoms with Crippen LogP contribution in [-0.2, 0) is 19.2 Å². The Morgan fingerprint density at radius 2 is 0.650 bits per heavy atom. The van der Waals surface area contributed by atoms with Crippen molar-refractivity contribution in [3.63, 3.8) is 0 Å². The summed E-state index contributed by atoms with van der Waals surface area (Å²) in [6.45, 7) is 19.4. The number of hydrogen-bond acceptors (Lipinski definition) is 16. The third-order valence-electron chi connectivity index (χ3n) is 24.2. The molecule has 612 valence electrons. The predicted molar refractivity (Wildman–Crippen MR) is 474 cm³/mol. The highest BCUT2D eigenvalue weighted by Crippen LogP contribution is 2.41. The second-order valence-corrected chi connectivity index (χ2v) is 33.8. The van der Waals surface area contributed by atoms with E-state index in [1.54, 1.807) is 37.2 Å². The molecule has 24 nitrogen and oxygen atoms in total. The highest BCUT2D eigenvalue weighted by atomic mass is 16.2. The number of anilines is 4. The van der Waals surface area contributed by atoms with Gasteiger partial charge in [-0.15, -0.1) is 0 Å². The molecule has 4 saturated heterocycles. The summed E-state index contributed by atoms with van der Waals surface area (Å²) in [6, 6.07) is 55.8. The summed E-state index contributed by atoms with van der Waals surface area (Å²) in [6.07, 6.45) is 21.4. The maximum atomic E-state index is 14.0. The molecule has 4 aliphatic heterocycles. The van der Waals surface area contributed by atoms with Crippen LogP contribution in [0.1, 0.15) is 154 Å².